The van der Waals surface area contributed by atoms with Gasteiger partial charge in [-0.1, -0.05) is 0 Å². The minimum Gasteiger partial charge on any atom is -0.399 e. The molecule has 0 aromatic carbocycles. The molecule has 0 amide bonds. The minimum atomic E-state index is -0.957. The van der Waals surface area contributed by atoms with Crippen LogP contribution in [0.3, 0.4) is 0 Å². The van der Waals surface area contributed by atoms with Gasteiger partial charge in [-0.25, -0.2) is 0 Å². The average Bonchev–Trinajstić information content (AvgIpc) is 1.84. The molecule has 0 N–H and O–H groups in total. The second kappa shape index (κ2) is 6.38. The van der Waals surface area contributed by atoms with Crippen molar-refractivity contribution in [1.29, 1.82) is 0 Å². The summed E-state index contributed by atoms with van der Waals surface area (Å²) in [6.45, 7) is 8.55. The van der Waals surface area contributed by atoms with Gasteiger partial charge in [0.15, 0.2) is 26.9 Å². The van der Waals surface area contributed by atoms with Crippen molar-refractivity contribution in [2.75, 3.05) is 0 Å². The van der Waals surface area contributed by atoms with Gasteiger partial charge < -0.3 is 8.85 Å². The van der Waals surface area contributed by atoms with Crippen LogP contribution in [-0.2, 0) is 8.85 Å². The maximum Gasteiger partial charge on any atom is 0.187 e. The van der Waals surface area contributed by atoms with E-state index in [0.29, 0.717) is 0 Å². The average molecular weight is 229 g/mol. The molecule has 0 bridgehead atoms. The van der Waals surface area contributed by atoms with E-state index in [4.69, 9.17) is 19.9 Å². The Kier molecular flexibility index (Phi) is 6.88. The molecule has 0 radical (unpaired) electrons. The Balaban J connectivity index is 3.58. The van der Waals surface area contributed by atoms with Crippen LogP contribution < -0.4 is 0 Å². The van der Waals surface area contributed by atoms with Crippen LogP contribution in [0.1, 0.15) is 0 Å². The molecule has 0 aliphatic heterocycles. The molecule has 0 fully saturated rings. The monoisotopic (exact) mass is 228 g/mol. The first-order chi connectivity index (χ1) is 5.06. The van der Waals surface area contributed by atoms with Gasteiger partial charge in [0.25, 0.3) is 0 Å². The molecule has 0 aromatic rings. The van der Waals surface area contributed by atoms with E-state index in [9.17, 15) is 0 Å². The Bertz CT molecular complexity index is 91.7. The molecule has 0 aliphatic rings. The van der Waals surface area contributed by atoms with Crippen LogP contribution in [0.4, 0.5) is 0 Å². The summed E-state index contributed by atoms with van der Waals surface area (Å²) in [7, 11) is -2.58. The van der Waals surface area contributed by atoms with E-state index in [-0.39, 0.29) is 5.91 Å². The van der Waals surface area contributed by atoms with Gasteiger partial charge in [0, 0.05) is 0 Å². The predicted molar refractivity (Wildman–Crippen MR) is 58.1 cm³/mol. The zero-order valence-corrected chi connectivity index (χ0v) is 12.1. The van der Waals surface area contributed by atoms with Crippen LogP contribution in [-0.4, -0.2) is 32.8 Å². The minimum absolute atomic E-state index is 0.00463. The highest BCUT2D eigenvalue weighted by atomic mass is 35.6. The third-order valence-electron chi connectivity index (χ3n) is 0.974. The van der Waals surface area contributed by atoms with Crippen molar-refractivity contribution >= 4 is 38.0 Å². The van der Waals surface area contributed by atoms with Crippen molar-refractivity contribution in [3.05, 3.63) is 0 Å². The van der Waals surface area contributed by atoms with E-state index >= 15 is 0 Å². The summed E-state index contributed by atoms with van der Waals surface area (Å²) in [6, 6.07) is 0. The van der Waals surface area contributed by atoms with E-state index in [0.717, 1.165) is 0 Å². The third kappa shape index (κ3) is 7.23. The summed E-state index contributed by atoms with van der Waals surface area (Å²) < 4.78 is 11.2. The lowest BCUT2D eigenvalue weighted by Crippen LogP contribution is -2.31. The lowest BCUT2D eigenvalue weighted by atomic mass is 11.5. The van der Waals surface area contributed by atoms with Gasteiger partial charge in [-0.2, -0.15) is 11.1 Å². The molecule has 0 heterocycles. The molecule has 0 unspecified atom stereocenters. The van der Waals surface area contributed by atoms with E-state index < -0.39 is 26.9 Å². The molecule has 6 heteroatoms. The van der Waals surface area contributed by atoms with Crippen LogP contribution in [0.2, 0.25) is 26.2 Å². The SMILES string of the molecule is C[SiH](C)OC(O[SiH](C)C)[SiH2]Cl. The van der Waals surface area contributed by atoms with E-state index in [1.807, 2.05) is 0 Å². The quantitative estimate of drug-likeness (QED) is 0.390. The molecular weight excluding hydrogens is 212 g/mol. The van der Waals surface area contributed by atoms with Gasteiger partial charge in [0.05, 0.1) is 0 Å². The largest absolute Gasteiger partial charge is 0.399 e. The molecular formula is C5H17ClO2Si3. The fraction of sp³-hybridized carbons (Fsp3) is 1.00. The molecule has 0 saturated heterocycles. The third-order valence-corrected chi connectivity index (χ3v) is 4.83. The van der Waals surface area contributed by atoms with Gasteiger partial charge in [0.2, 0.25) is 0 Å². The molecule has 0 atom stereocenters. The van der Waals surface area contributed by atoms with E-state index in [1.54, 1.807) is 0 Å². The van der Waals surface area contributed by atoms with Gasteiger partial charge >= 0.3 is 0 Å². The standard InChI is InChI=1S/C5H17ClO2Si3/c1-10(2)7-5(9-6)8-11(3)4/h5,10-11H,9H2,1-4H3. The van der Waals surface area contributed by atoms with Crippen LogP contribution in [0, 0.1) is 0 Å². The molecule has 0 spiro atoms. The number of hydrogen-bond donors (Lipinski definition) is 0. The molecule has 11 heavy (non-hydrogen) atoms. The summed E-state index contributed by atoms with van der Waals surface area (Å²) >= 11 is 5.79. The fourth-order valence-electron chi connectivity index (χ4n) is 0.712. The normalized spacial score (nSPS) is 13.1. The van der Waals surface area contributed by atoms with Crippen molar-refractivity contribution in [3.8, 4) is 0 Å². The maximum absolute atomic E-state index is 5.79. The Morgan fingerprint density at radius 3 is 1.64 bits per heavy atom. The highest BCUT2D eigenvalue weighted by Gasteiger charge is 2.12. The molecule has 0 saturated carbocycles. The Labute approximate surface area is 79.2 Å². The Morgan fingerprint density at radius 2 is 1.45 bits per heavy atom. The zero-order valence-electron chi connectivity index (χ0n) is 7.63. The second-order valence-corrected chi connectivity index (χ2v) is 9.59. The Morgan fingerprint density at radius 1 is 1.09 bits per heavy atom. The summed E-state index contributed by atoms with van der Waals surface area (Å²) in [5.41, 5.74) is 0. The van der Waals surface area contributed by atoms with Crippen molar-refractivity contribution in [2.45, 2.75) is 32.1 Å². The van der Waals surface area contributed by atoms with Crippen molar-refractivity contribution < 1.29 is 8.85 Å². The van der Waals surface area contributed by atoms with Gasteiger partial charge in [-0.3, -0.25) is 0 Å². The summed E-state index contributed by atoms with van der Waals surface area (Å²) in [5, 5.41) is 0. The first kappa shape index (κ1) is 11.9. The van der Waals surface area contributed by atoms with Crippen molar-refractivity contribution in [3.63, 3.8) is 0 Å². The lowest BCUT2D eigenvalue weighted by molar-refractivity contribution is 0.0749. The number of rotatable bonds is 5. The number of hydrogen-bond acceptors (Lipinski definition) is 2. The maximum atomic E-state index is 5.79. The Hall–Kier alpha value is 0.861. The highest BCUT2D eigenvalue weighted by molar-refractivity contribution is 6.94. The van der Waals surface area contributed by atoms with Crippen LogP contribution >= 0.6 is 11.1 Å². The number of halogens is 1. The highest BCUT2D eigenvalue weighted by Crippen LogP contribution is 2.00. The van der Waals surface area contributed by atoms with E-state index in [1.165, 1.54) is 0 Å². The van der Waals surface area contributed by atoms with Crippen LogP contribution in [0.15, 0.2) is 0 Å². The van der Waals surface area contributed by atoms with Crippen molar-refractivity contribution in [1.82, 2.24) is 0 Å². The summed E-state index contributed by atoms with van der Waals surface area (Å²) in [5.74, 6) is -0.00463. The fourth-order valence-corrected chi connectivity index (χ4v) is 6.38. The van der Waals surface area contributed by atoms with E-state index in [2.05, 4.69) is 26.2 Å². The molecule has 2 nitrogen and oxygen atoms in total. The zero-order chi connectivity index (χ0) is 8.85. The van der Waals surface area contributed by atoms with Crippen molar-refractivity contribution in [2.24, 2.45) is 0 Å². The molecule has 0 aromatic heterocycles. The summed E-state index contributed by atoms with van der Waals surface area (Å²) in [4.78, 5) is 0. The smallest absolute Gasteiger partial charge is 0.187 e. The van der Waals surface area contributed by atoms with Gasteiger partial charge in [0.1, 0.15) is 5.91 Å². The van der Waals surface area contributed by atoms with Crippen LogP contribution in [0.25, 0.3) is 0 Å². The van der Waals surface area contributed by atoms with Crippen LogP contribution in [0.5, 0.6) is 0 Å². The molecule has 0 aliphatic carbocycles. The predicted octanol–water partition coefficient (Wildman–Crippen LogP) is 0.593. The molecule has 0 rings (SSSR count). The second-order valence-electron chi connectivity index (χ2n) is 2.95. The topological polar surface area (TPSA) is 18.5 Å². The van der Waals surface area contributed by atoms with Gasteiger partial charge in [-0.05, 0) is 26.2 Å². The summed E-state index contributed by atoms with van der Waals surface area (Å²) in [6.07, 6.45) is 0. The first-order valence-corrected chi connectivity index (χ1v) is 12.4. The van der Waals surface area contributed by atoms with Gasteiger partial charge in [-0.15, -0.1) is 0 Å². The molecule has 68 valence electrons. The first-order valence-electron chi connectivity index (χ1n) is 3.93. The lowest BCUT2D eigenvalue weighted by Gasteiger charge is -2.20.